The second-order valence-corrected chi connectivity index (χ2v) is 4.51. The van der Waals surface area contributed by atoms with Gasteiger partial charge in [0.15, 0.2) is 0 Å². The van der Waals surface area contributed by atoms with Gasteiger partial charge in [0.1, 0.15) is 5.75 Å². The van der Waals surface area contributed by atoms with Crippen molar-refractivity contribution in [3.63, 3.8) is 0 Å². The Balaban J connectivity index is 2.33. The number of rotatable bonds is 3. The number of phenolic OH excluding ortho intramolecular Hbond substituents is 1. The number of carbonyl (C=O) groups excluding carboxylic acids is 1. The minimum absolute atomic E-state index is 0.0294. The molecule has 0 unspecified atom stereocenters. The number of aromatic hydroxyl groups is 1. The van der Waals surface area contributed by atoms with E-state index in [0.717, 1.165) is 0 Å². The molecule has 0 aliphatic carbocycles. The number of benzene rings is 2. The van der Waals surface area contributed by atoms with Crippen LogP contribution in [0.15, 0.2) is 36.4 Å². The summed E-state index contributed by atoms with van der Waals surface area (Å²) in [6.45, 7) is 1.71. The SMILES string of the molecule is Cc1c(N)cccc1C(=O)Nc1cc(C(=O)O)ccc1O. The normalized spacial score (nSPS) is 10.1. The molecule has 6 heteroatoms. The van der Waals surface area contributed by atoms with Gasteiger partial charge in [0.05, 0.1) is 11.3 Å². The van der Waals surface area contributed by atoms with Crippen LogP contribution in [-0.2, 0) is 0 Å². The molecule has 0 saturated heterocycles. The summed E-state index contributed by atoms with van der Waals surface area (Å²) in [5, 5.41) is 21.1. The Hall–Kier alpha value is -3.02. The van der Waals surface area contributed by atoms with Crippen LogP contribution in [0.25, 0.3) is 0 Å². The van der Waals surface area contributed by atoms with E-state index in [4.69, 9.17) is 10.8 Å². The summed E-state index contributed by atoms with van der Waals surface area (Å²) in [5.41, 5.74) is 7.18. The Kier molecular flexibility index (Phi) is 3.80. The number of anilines is 2. The summed E-state index contributed by atoms with van der Waals surface area (Å²) < 4.78 is 0. The van der Waals surface area contributed by atoms with Gasteiger partial charge >= 0.3 is 5.97 Å². The number of carboxylic acids is 1. The van der Waals surface area contributed by atoms with Gasteiger partial charge in [-0.1, -0.05) is 6.07 Å². The van der Waals surface area contributed by atoms with Crippen molar-refractivity contribution < 1.29 is 19.8 Å². The fourth-order valence-electron chi connectivity index (χ4n) is 1.86. The molecule has 0 aliphatic rings. The molecule has 0 heterocycles. The standard InChI is InChI=1S/C15H14N2O4/c1-8-10(3-2-4-11(8)16)14(19)17-12-7-9(15(20)21)5-6-13(12)18/h2-7,18H,16H2,1H3,(H,17,19)(H,20,21). The molecule has 0 aromatic heterocycles. The minimum atomic E-state index is -1.15. The molecule has 21 heavy (non-hydrogen) atoms. The lowest BCUT2D eigenvalue weighted by Crippen LogP contribution is -2.14. The first-order valence-corrected chi connectivity index (χ1v) is 6.13. The molecule has 5 N–H and O–H groups in total. The van der Waals surface area contributed by atoms with Gasteiger partial charge in [-0.3, -0.25) is 4.79 Å². The number of nitrogen functional groups attached to an aromatic ring is 1. The van der Waals surface area contributed by atoms with Gasteiger partial charge in [0.2, 0.25) is 0 Å². The fourth-order valence-corrected chi connectivity index (χ4v) is 1.86. The van der Waals surface area contributed by atoms with Crippen molar-refractivity contribution in [1.82, 2.24) is 0 Å². The lowest BCUT2D eigenvalue weighted by atomic mass is 10.1. The van der Waals surface area contributed by atoms with E-state index in [-0.39, 0.29) is 17.0 Å². The maximum Gasteiger partial charge on any atom is 0.335 e. The molecule has 0 saturated carbocycles. The zero-order valence-corrected chi connectivity index (χ0v) is 11.3. The molecule has 0 spiro atoms. The summed E-state index contributed by atoms with van der Waals surface area (Å²) in [6, 6.07) is 8.57. The molecule has 0 atom stereocenters. The average molecular weight is 286 g/mol. The highest BCUT2D eigenvalue weighted by atomic mass is 16.4. The number of hydrogen-bond acceptors (Lipinski definition) is 4. The molecule has 0 radical (unpaired) electrons. The number of phenols is 1. The fraction of sp³-hybridized carbons (Fsp3) is 0.0667. The van der Waals surface area contributed by atoms with Crippen LogP contribution in [0.5, 0.6) is 5.75 Å². The molecule has 2 rings (SSSR count). The second kappa shape index (κ2) is 5.54. The molecule has 1 amide bonds. The van der Waals surface area contributed by atoms with Crippen LogP contribution in [0.1, 0.15) is 26.3 Å². The second-order valence-electron chi connectivity index (χ2n) is 4.51. The Morgan fingerprint density at radius 2 is 1.90 bits per heavy atom. The molecular weight excluding hydrogens is 272 g/mol. The highest BCUT2D eigenvalue weighted by Crippen LogP contribution is 2.25. The Morgan fingerprint density at radius 3 is 2.57 bits per heavy atom. The van der Waals surface area contributed by atoms with Gasteiger partial charge in [-0.15, -0.1) is 0 Å². The van der Waals surface area contributed by atoms with Crippen molar-refractivity contribution in [3.05, 3.63) is 53.1 Å². The summed E-state index contributed by atoms with van der Waals surface area (Å²) in [5.74, 6) is -1.84. The first kappa shape index (κ1) is 14.4. The average Bonchev–Trinajstić information content (AvgIpc) is 2.43. The van der Waals surface area contributed by atoms with Crippen LogP contribution in [0, 0.1) is 6.92 Å². The van der Waals surface area contributed by atoms with Gasteiger partial charge in [-0.25, -0.2) is 4.79 Å². The van der Waals surface area contributed by atoms with E-state index in [1.54, 1.807) is 25.1 Å². The van der Waals surface area contributed by atoms with Gasteiger partial charge in [0, 0.05) is 11.3 Å². The third kappa shape index (κ3) is 2.94. The predicted octanol–water partition coefficient (Wildman–Crippen LogP) is 2.23. The number of nitrogens with two attached hydrogens (primary N) is 1. The first-order chi connectivity index (χ1) is 9.90. The third-order valence-electron chi connectivity index (χ3n) is 3.11. The Labute approximate surface area is 120 Å². The third-order valence-corrected chi connectivity index (χ3v) is 3.11. The lowest BCUT2D eigenvalue weighted by Gasteiger charge is -2.11. The van der Waals surface area contributed by atoms with Crippen molar-refractivity contribution in [2.75, 3.05) is 11.1 Å². The number of aromatic carboxylic acids is 1. The molecular formula is C15H14N2O4. The summed E-state index contributed by atoms with van der Waals surface area (Å²) in [7, 11) is 0. The van der Waals surface area contributed by atoms with Crippen LogP contribution < -0.4 is 11.1 Å². The van der Waals surface area contributed by atoms with Crippen molar-refractivity contribution in [1.29, 1.82) is 0 Å². The van der Waals surface area contributed by atoms with E-state index in [2.05, 4.69) is 5.32 Å². The highest BCUT2D eigenvalue weighted by Gasteiger charge is 2.14. The van der Waals surface area contributed by atoms with Crippen molar-refractivity contribution in [2.45, 2.75) is 6.92 Å². The maximum atomic E-state index is 12.2. The first-order valence-electron chi connectivity index (χ1n) is 6.13. The van der Waals surface area contributed by atoms with Gasteiger partial charge in [-0.05, 0) is 42.8 Å². The van der Waals surface area contributed by atoms with Crippen LogP contribution in [0.2, 0.25) is 0 Å². The molecule has 108 valence electrons. The summed E-state index contributed by atoms with van der Waals surface area (Å²) in [6.07, 6.45) is 0. The quantitative estimate of drug-likeness (QED) is 0.510. The minimum Gasteiger partial charge on any atom is -0.506 e. The molecule has 2 aromatic carbocycles. The van der Waals surface area contributed by atoms with Crippen molar-refractivity contribution >= 4 is 23.3 Å². The lowest BCUT2D eigenvalue weighted by molar-refractivity contribution is 0.0696. The number of carboxylic acid groups (broad SMARTS) is 1. The van der Waals surface area contributed by atoms with Crippen molar-refractivity contribution in [2.24, 2.45) is 0 Å². The van der Waals surface area contributed by atoms with Gasteiger partial charge in [0.25, 0.3) is 5.91 Å². The van der Waals surface area contributed by atoms with Gasteiger partial charge in [-0.2, -0.15) is 0 Å². The zero-order chi connectivity index (χ0) is 15.6. The van der Waals surface area contributed by atoms with Crippen LogP contribution >= 0.6 is 0 Å². The number of amides is 1. The molecule has 0 fully saturated rings. The monoisotopic (exact) mass is 286 g/mol. The smallest absolute Gasteiger partial charge is 0.335 e. The van der Waals surface area contributed by atoms with Gasteiger partial charge < -0.3 is 21.3 Å². The van der Waals surface area contributed by atoms with Crippen LogP contribution in [-0.4, -0.2) is 22.1 Å². The number of nitrogens with one attached hydrogen (secondary N) is 1. The molecule has 0 bridgehead atoms. The van der Waals surface area contributed by atoms with E-state index in [1.807, 2.05) is 0 Å². The topological polar surface area (TPSA) is 113 Å². The predicted molar refractivity (Wildman–Crippen MR) is 78.6 cm³/mol. The molecule has 2 aromatic rings. The molecule has 0 aliphatic heterocycles. The zero-order valence-electron chi connectivity index (χ0n) is 11.3. The largest absolute Gasteiger partial charge is 0.506 e. The molecule has 6 nitrogen and oxygen atoms in total. The van der Waals surface area contributed by atoms with E-state index < -0.39 is 11.9 Å². The Morgan fingerprint density at radius 1 is 1.19 bits per heavy atom. The maximum absolute atomic E-state index is 12.2. The van der Waals surface area contributed by atoms with E-state index >= 15 is 0 Å². The number of carbonyl (C=O) groups is 2. The Bertz CT molecular complexity index is 726. The van der Waals surface area contributed by atoms with E-state index in [0.29, 0.717) is 16.8 Å². The van der Waals surface area contributed by atoms with Crippen molar-refractivity contribution in [3.8, 4) is 5.75 Å². The summed E-state index contributed by atoms with van der Waals surface area (Å²) in [4.78, 5) is 23.1. The highest BCUT2D eigenvalue weighted by molar-refractivity contribution is 6.07. The van der Waals surface area contributed by atoms with Crippen LogP contribution in [0.4, 0.5) is 11.4 Å². The van der Waals surface area contributed by atoms with E-state index in [1.165, 1.54) is 18.2 Å². The summed E-state index contributed by atoms with van der Waals surface area (Å²) >= 11 is 0. The number of hydrogen-bond donors (Lipinski definition) is 4. The van der Waals surface area contributed by atoms with E-state index in [9.17, 15) is 14.7 Å². The van der Waals surface area contributed by atoms with Crippen LogP contribution in [0.3, 0.4) is 0 Å².